The summed E-state index contributed by atoms with van der Waals surface area (Å²) in [5, 5.41) is 11.7. The first-order valence-electron chi connectivity index (χ1n) is 6.30. The van der Waals surface area contributed by atoms with E-state index in [1.807, 2.05) is 31.2 Å². The molecule has 0 saturated heterocycles. The summed E-state index contributed by atoms with van der Waals surface area (Å²) in [6.07, 6.45) is 0. The molecule has 0 unspecified atom stereocenters. The molecule has 2 aromatic rings. The maximum atomic E-state index is 7.12. The summed E-state index contributed by atoms with van der Waals surface area (Å²) >= 11 is 0. The topological polar surface area (TPSA) is 79.4 Å². The Hall–Kier alpha value is -2.76. The van der Waals surface area contributed by atoms with Crippen molar-refractivity contribution in [1.82, 2.24) is 0 Å². The van der Waals surface area contributed by atoms with E-state index in [2.05, 4.69) is 15.3 Å². The molecule has 6 heteroatoms. The second kappa shape index (κ2) is 6.60. The number of hydrogen-bond acceptors (Lipinski definition) is 6. The van der Waals surface area contributed by atoms with Crippen molar-refractivity contribution in [3.63, 3.8) is 0 Å². The van der Waals surface area contributed by atoms with Crippen LogP contribution in [0.5, 0.6) is 11.5 Å². The highest BCUT2D eigenvalue weighted by molar-refractivity contribution is 5.66. The summed E-state index contributed by atoms with van der Waals surface area (Å²) in [6, 6.07) is 10.9. The molecule has 0 aliphatic carbocycles. The Bertz CT molecular complexity index is 666. The van der Waals surface area contributed by atoms with Gasteiger partial charge in [0, 0.05) is 12.1 Å². The standard InChI is InChI=1S/C15H16N4O2/c1-10-4-6-11(7-5-10)18-19-13-9-14(20-2)12(17-16)8-15(13)21-3/h4-9,16H,1-3H3. The van der Waals surface area contributed by atoms with Crippen molar-refractivity contribution >= 4 is 17.1 Å². The molecule has 108 valence electrons. The molecule has 0 aromatic heterocycles. The van der Waals surface area contributed by atoms with Gasteiger partial charge in [-0.2, -0.15) is 10.2 Å². The second-order valence-corrected chi connectivity index (χ2v) is 4.34. The SMILES string of the molecule is COc1cc(N=Nc2ccc(C)cc2)c(OC)cc1N=N. The van der Waals surface area contributed by atoms with Crippen molar-refractivity contribution in [3.05, 3.63) is 42.0 Å². The molecule has 0 aliphatic heterocycles. The third kappa shape index (κ3) is 3.42. The monoisotopic (exact) mass is 284 g/mol. The van der Waals surface area contributed by atoms with Gasteiger partial charge in [0.2, 0.25) is 0 Å². The molecule has 1 N–H and O–H groups in total. The average Bonchev–Trinajstić information content (AvgIpc) is 2.53. The van der Waals surface area contributed by atoms with E-state index in [9.17, 15) is 0 Å². The van der Waals surface area contributed by atoms with Crippen LogP contribution in [0.25, 0.3) is 0 Å². The largest absolute Gasteiger partial charge is 0.494 e. The highest BCUT2D eigenvalue weighted by atomic mass is 16.5. The molecule has 2 rings (SSSR count). The molecular formula is C15H16N4O2. The van der Waals surface area contributed by atoms with E-state index in [0.29, 0.717) is 22.9 Å². The van der Waals surface area contributed by atoms with E-state index >= 15 is 0 Å². The third-order valence-corrected chi connectivity index (χ3v) is 2.91. The van der Waals surface area contributed by atoms with E-state index in [-0.39, 0.29) is 0 Å². The van der Waals surface area contributed by atoms with Crippen molar-refractivity contribution in [2.75, 3.05) is 14.2 Å². The molecule has 0 radical (unpaired) electrons. The number of aryl methyl sites for hydroxylation is 1. The number of ether oxygens (including phenoxy) is 2. The Morgan fingerprint density at radius 2 is 1.43 bits per heavy atom. The van der Waals surface area contributed by atoms with Crippen LogP contribution in [-0.2, 0) is 0 Å². The van der Waals surface area contributed by atoms with Gasteiger partial charge in [0.05, 0.1) is 19.9 Å². The van der Waals surface area contributed by atoms with Gasteiger partial charge >= 0.3 is 0 Å². The summed E-state index contributed by atoms with van der Waals surface area (Å²) in [5.41, 5.74) is 9.92. The van der Waals surface area contributed by atoms with Crippen LogP contribution in [0.4, 0.5) is 17.1 Å². The number of rotatable bonds is 5. The number of azo groups is 1. The molecule has 0 bridgehead atoms. The zero-order valence-corrected chi connectivity index (χ0v) is 12.1. The Kier molecular flexibility index (Phi) is 4.61. The first kappa shape index (κ1) is 14.6. The van der Waals surface area contributed by atoms with Gasteiger partial charge in [-0.3, -0.25) is 0 Å². The van der Waals surface area contributed by atoms with Crippen LogP contribution in [0.3, 0.4) is 0 Å². The van der Waals surface area contributed by atoms with Crippen LogP contribution in [0, 0.1) is 12.5 Å². The summed E-state index contributed by atoms with van der Waals surface area (Å²) in [4.78, 5) is 0. The van der Waals surface area contributed by atoms with E-state index in [1.54, 1.807) is 12.1 Å². The van der Waals surface area contributed by atoms with Gasteiger partial charge < -0.3 is 9.47 Å². The third-order valence-electron chi connectivity index (χ3n) is 2.91. The van der Waals surface area contributed by atoms with Crippen LogP contribution >= 0.6 is 0 Å². The van der Waals surface area contributed by atoms with E-state index in [1.165, 1.54) is 14.2 Å². The predicted molar refractivity (Wildman–Crippen MR) is 79.7 cm³/mol. The van der Waals surface area contributed by atoms with Gasteiger partial charge in [-0.25, -0.2) is 5.53 Å². The summed E-state index contributed by atoms with van der Waals surface area (Å²) in [5.74, 6) is 0.932. The normalized spacial score (nSPS) is 10.6. The van der Waals surface area contributed by atoms with E-state index in [0.717, 1.165) is 11.3 Å². The maximum absolute atomic E-state index is 7.12. The molecule has 0 heterocycles. The second-order valence-electron chi connectivity index (χ2n) is 4.34. The van der Waals surface area contributed by atoms with Crippen LogP contribution in [-0.4, -0.2) is 14.2 Å². The van der Waals surface area contributed by atoms with E-state index in [4.69, 9.17) is 15.0 Å². The Balaban J connectivity index is 2.38. The van der Waals surface area contributed by atoms with Crippen LogP contribution < -0.4 is 9.47 Å². The minimum Gasteiger partial charge on any atom is -0.494 e. The van der Waals surface area contributed by atoms with Crippen molar-refractivity contribution in [2.24, 2.45) is 15.3 Å². The Morgan fingerprint density at radius 3 is 2.00 bits per heavy atom. The van der Waals surface area contributed by atoms with Gasteiger partial charge in [-0.15, -0.1) is 5.11 Å². The first-order chi connectivity index (χ1) is 10.2. The fourth-order valence-corrected chi connectivity index (χ4v) is 1.75. The number of methoxy groups -OCH3 is 2. The van der Waals surface area contributed by atoms with Crippen LogP contribution in [0.2, 0.25) is 0 Å². The van der Waals surface area contributed by atoms with Gasteiger partial charge in [0.1, 0.15) is 22.9 Å². The van der Waals surface area contributed by atoms with E-state index < -0.39 is 0 Å². The highest BCUT2D eigenvalue weighted by Gasteiger charge is 2.10. The zero-order valence-electron chi connectivity index (χ0n) is 12.1. The molecule has 0 aliphatic rings. The van der Waals surface area contributed by atoms with Crippen molar-refractivity contribution in [3.8, 4) is 11.5 Å². The first-order valence-corrected chi connectivity index (χ1v) is 6.30. The molecular weight excluding hydrogens is 268 g/mol. The predicted octanol–water partition coefficient (Wildman–Crippen LogP) is 5.09. The maximum Gasteiger partial charge on any atom is 0.148 e. The lowest BCUT2D eigenvalue weighted by Crippen LogP contribution is -1.87. The minimum absolute atomic E-state index is 0.378. The molecule has 0 atom stereocenters. The Morgan fingerprint density at radius 1 is 0.857 bits per heavy atom. The van der Waals surface area contributed by atoms with Crippen molar-refractivity contribution < 1.29 is 9.47 Å². The molecule has 6 nitrogen and oxygen atoms in total. The number of benzene rings is 2. The summed E-state index contributed by atoms with van der Waals surface area (Å²) < 4.78 is 10.4. The van der Waals surface area contributed by atoms with Crippen LogP contribution in [0.15, 0.2) is 51.7 Å². The lowest BCUT2D eigenvalue weighted by molar-refractivity contribution is 0.405. The number of nitrogens with one attached hydrogen (secondary N) is 1. The van der Waals surface area contributed by atoms with Gasteiger partial charge in [-0.05, 0) is 19.1 Å². The smallest absolute Gasteiger partial charge is 0.148 e. The molecule has 0 amide bonds. The minimum atomic E-state index is 0.378. The zero-order chi connectivity index (χ0) is 15.2. The van der Waals surface area contributed by atoms with Gasteiger partial charge in [0.15, 0.2) is 0 Å². The van der Waals surface area contributed by atoms with Crippen molar-refractivity contribution in [2.45, 2.75) is 6.92 Å². The lowest BCUT2D eigenvalue weighted by Gasteiger charge is -2.08. The number of nitrogens with zero attached hydrogens (tertiary/aromatic N) is 3. The molecule has 0 saturated carbocycles. The van der Waals surface area contributed by atoms with Gasteiger partial charge in [-0.1, -0.05) is 17.7 Å². The highest BCUT2D eigenvalue weighted by Crippen LogP contribution is 2.40. The van der Waals surface area contributed by atoms with Crippen LogP contribution in [0.1, 0.15) is 5.56 Å². The lowest BCUT2D eigenvalue weighted by atomic mass is 10.2. The summed E-state index contributed by atoms with van der Waals surface area (Å²) in [7, 11) is 3.04. The van der Waals surface area contributed by atoms with Gasteiger partial charge in [0.25, 0.3) is 0 Å². The average molecular weight is 284 g/mol. The molecule has 0 spiro atoms. The molecule has 0 fully saturated rings. The fraction of sp³-hybridized carbons (Fsp3) is 0.200. The van der Waals surface area contributed by atoms with Crippen molar-refractivity contribution in [1.29, 1.82) is 5.53 Å². The molecule has 21 heavy (non-hydrogen) atoms. The number of hydrogen-bond donors (Lipinski definition) is 1. The Labute approximate surface area is 122 Å². The molecule has 2 aromatic carbocycles. The quantitative estimate of drug-likeness (QED) is 0.776. The summed E-state index contributed by atoms with van der Waals surface area (Å²) in [6.45, 7) is 2.01. The fourth-order valence-electron chi connectivity index (χ4n) is 1.75.